The van der Waals surface area contributed by atoms with Crippen LogP contribution >= 0.6 is 11.6 Å². The van der Waals surface area contributed by atoms with Gasteiger partial charge in [0.25, 0.3) is 0 Å². The van der Waals surface area contributed by atoms with Gasteiger partial charge in [-0.05, 0) is 24.6 Å². The average Bonchev–Trinajstić information content (AvgIpc) is 2.64. The maximum absolute atomic E-state index is 14.3. The number of halogens is 2. The van der Waals surface area contributed by atoms with Crippen LogP contribution in [0.4, 0.5) is 15.9 Å². The highest BCUT2D eigenvalue weighted by Crippen LogP contribution is 2.33. The minimum Gasteiger partial charge on any atom is -0.338 e. The van der Waals surface area contributed by atoms with Crippen molar-refractivity contribution in [1.82, 2.24) is 24.9 Å². The summed E-state index contributed by atoms with van der Waals surface area (Å²) in [6.07, 6.45) is 8.68. The largest absolute Gasteiger partial charge is 0.338 e. The lowest BCUT2D eigenvalue weighted by Crippen LogP contribution is -2.05. The molecule has 8 heteroatoms. The van der Waals surface area contributed by atoms with E-state index in [4.69, 9.17) is 11.6 Å². The second-order valence-corrected chi connectivity index (χ2v) is 5.88. The van der Waals surface area contributed by atoms with Crippen LogP contribution in [0.2, 0.25) is 0 Å². The predicted octanol–water partition coefficient (Wildman–Crippen LogP) is 4.16. The molecule has 0 unspecified atom stereocenters. The molecule has 3 aromatic heterocycles. The van der Waals surface area contributed by atoms with Crippen LogP contribution in [-0.2, 0) is 0 Å². The zero-order chi connectivity index (χ0) is 17.2. The van der Waals surface area contributed by atoms with Crippen LogP contribution in [-0.4, -0.2) is 24.9 Å². The number of fused-ring (bicyclic) bond motifs is 1. The van der Waals surface area contributed by atoms with E-state index in [1.54, 1.807) is 36.8 Å². The van der Waals surface area contributed by atoms with Crippen molar-refractivity contribution in [2.75, 3.05) is 5.32 Å². The monoisotopic (exact) mass is 354 g/mol. The number of rotatable bonds is 3. The Morgan fingerprint density at radius 1 is 1.00 bits per heavy atom. The Bertz CT molecular complexity index is 1000. The van der Waals surface area contributed by atoms with Crippen LogP contribution in [0.3, 0.4) is 0 Å². The van der Waals surface area contributed by atoms with Crippen LogP contribution in [0.15, 0.2) is 53.9 Å². The van der Waals surface area contributed by atoms with Crippen molar-refractivity contribution in [3.05, 3.63) is 59.7 Å². The third-order valence-corrected chi connectivity index (χ3v) is 3.99. The van der Waals surface area contributed by atoms with Crippen LogP contribution in [0, 0.1) is 0 Å². The number of nitrogens with zero attached hydrogens (tertiary/aromatic N) is 5. The van der Waals surface area contributed by atoms with Crippen LogP contribution < -0.4 is 5.32 Å². The van der Waals surface area contributed by atoms with E-state index in [0.717, 1.165) is 5.69 Å². The van der Waals surface area contributed by atoms with E-state index >= 15 is 0 Å². The Kier molecular flexibility index (Phi) is 4.07. The summed E-state index contributed by atoms with van der Waals surface area (Å²) in [5.41, 5.74) is 1.93. The number of pyridine rings is 1. The first kappa shape index (κ1) is 15.6. The zero-order valence-corrected chi connectivity index (χ0v) is 13.7. The summed E-state index contributed by atoms with van der Waals surface area (Å²) < 4.78 is 14.3. The standard InChI is InChI=1S/C17H12ClFN6/c18-10-1-2-13(19)12(9-10)15-24-16-14(21-7-8-22-16)17(25-15)23-11-3-5-20-6-4-11/h3-9H,1-2H2,(H,20,22,23,24,25). The van der Waals surface area contributed by atoms with Crippen molar-refractivity contribution in [2.45, 2.75) is 12.8 Å². The average molecular weight is 355 g/mol. The molecule has 25 heavy (non-hydrogen) atoms. The summed E-state index contributed by atoms with van der Waals surface area (Å²) in [4.78, 5) is 21.3. The van der Waals surface area contributed by atoms with Crippen molar-refractivity contribution in [3.8, 4) is 0 Å². The van der Waals surface area contributed by atoms with E-state index in [0.29, 0.717) is 28.4 Å². The van der Waals surface area contributed by atoms with Crippen molar-refractivity contribution in [3.63, 3.8) is 0 Å². The second-order valence-electron chi connectivity index (χ2n) is 5.40. The molecule has 0 spiro atoms. The Morgan fingerprint density at radius 3 is 2.64 bits per heavy atom. The van der Waals surface area contributed by atoms with Crippen LogP contribution in [0.5, 0.6) is 0 Å². The molecule has 0 aromatic carbocycles. The van der Waals surface area contributed by atoms with Gasteiger partial charge in [0.1, 0.15) is 5.83 Å². The van der Waals surface area contributed by atoms with E-state index in [2.05, 4.69) is 30.2 Å². The Balaban J connectivity index is 1.87. The molecule has 1 aliphatic rings. The Labute approximate surface area is 147 Å². The summed E-state index contributed by atoms with van der Waals surface area (Å²) >= 11 is 6.07. The van der Waals surface area contributed by atoms with Gasteiger partial charge in [0, 0.05) is 41.9 Å². The van der Waals surface area contributed by atoms with Crippen molar-refractivity contribution in [2.24, 2.45) is 0 Å². The molecular weight excluding hydrogens is 343 g/mol. The highest BCUT2D eigenvalue weighted by Gasteiger charge is 2.19. The lowest BCUT2D eigenvalue weighted by atomic mass is 10.1. The molecular formula is C17H12ClFN6. The fourth-order valence-corrected chi connectivity index (χ4v) is 2.70. The molecule has 124 valence electrons. The van der Waals surface area contributed by atoms with Gasteiger partial charge in [-0.3, -0.25) is 4.98 Å². The van der Waals surface area contributed by atoms with E-state index in [-0.39, 0.29) is 23.6 Å². The number of anilines is 2. The maximum atomic E-state index is 14.3. The van der Waals surface area contributed by atoms with Gasteiger partial charge in [0.05, 0.1) is 5.57 Å². The molecule has 0 amide bonds. The molecule has 0 fully saturated rings. The highest BCUT2D eigenvalue weighted by atomic mass is 35.5. The van der Waals surface area contributed by atoms with Crippen LogP contribution in [0.1, 0.15) is 18.7 Å². The summed E-state index contributed by atoms with van der Waals surface area (Å²) in [6, 6.07) is 3.59. The van der Waals surface area contributed by atoms with E-state index in [1.165, 1.54) is 6.20 Å². The van der Waals surface area contributed by atoms with Gasteiger partial charge in [-0.15, -0.1) is 0 Å². The minimum absolute atomic E-state index is 0.222. The quantitative estimate of drug-likeness (QED) is 0.761. The van der Waals surface area contributed by atoms with E-state index < -0.39 is 0 Å². The first-order chi connectivity index (χ1) is 12.2. The van der Waals surface area contributed by atoms with Gasteiger partial charge in [-0.1, -0.05) is 11.6 Å². The first-order valence-electron chi connectivity index (χ1n) is 7.61. The summed E-state index contributed by atoms with van der Waals surface area (Å²) in [5.74, 6) is 0.372. The predicted molar refractivity (Wildman–Crippen MR) is 93.8 cm³/mol. The molecule has 0 radical (unpaired) electrons. The second kappa shape index (κ2) is 6.52. The summed E-state index contributed by atoms with van der Waals surface area (Å²) in [6.45, 7) is 0. The fourth-order valence-electron chi connectivity index (χ4n) is 2.50. The summed E-state index contributed by atoms with van der Waals surface area (Å²) in [7, 11) is 0. The molecule has 3 heterocycles. The van der Waals surface area contributed by atoms with Gasteiger partial charge in [0.2, 0.25) is 0 Å². The van der Waals surface area contributed by atoms with Crippen molar-refractivity contribution >= 4 is 39.8 Å². The van der Waals surface area contributed by atoms with Gasteiger partial charge in [-0.25, -0.2) is 24.3 Å². The molecule has 1 aliphatic carbocycles. The molecule has 3 aromatic rings. The maximum Gasteiger partial charge on any atom is 0.184 e. The highest BCUT2D eigenvalue weighted by molar-refractivity contribution is 6.30. The van der Waals surface area contributed by atoms with Gasteiger partial charge in [0.15, 0.2) is 22.8 Å². The number of hydrogen-bond acceptors (Lipinski definition) is 6. The molecule has 0 aliphatic heterocycles. The van der Waals surface area contributed by atoms with E-state index in [9.17, 15) is 4.39 Å². The van der Waals surface area contributed by atoms with Gasteiger partial charge < -0.3 is 5.32 Å². The topological polar surface area (TPSA) is 76.5 Å². The minimum atomic E-state index is -0.289. The number of allylic oxidation sites excluding steroid dienone is 4. The fraction of sp³-hybridized carbons (Fsp3) is 0.118. The Morgan fingerprint density at radius 2 is 1.80 bits per heavy atom. The lowest BCUT2D eigenvalue weighted by molar-refractivity contribution is 0.590. The zero-order valence-electron chi connectivity index (χ0n) is 12.9. The molecule has 4 rings (SSSR count). The molecule has 0 bridgehead atoms. The molecule has 0 atom stereocenters. The first-order valence-corrected chi connectivity index (χ1v) is 7.99. The third-order valence-electron chi connectivity index (χ3n) is 3.69. The molecule has 0 saturated heterocycles. The van der Waals surface area contributed by atoms with Crippen LogP contribution in [0.25, 0.3) is 16.7 Å². The van der Waals surface area contributed by atoms with Gasteiger partial charge >= 0.3 is 0 Å². The Hall–Kier alpha value is -2.93. The number of aromatic nitrogens is 5. The molecule has 6 nitrogen and oxygen atoms in total. The lowest BCUT2D eigenvalue weighted by Gasteiger charge is -2.13. The summed E-state index contributed by atoms with van der Waals surface area (Å²) in [5, 5.41) is 3.73. The van der Waals surface area contributed by atoms with E-state index in [1.807, 2.05) is 0 Å². The van der Waals surface area contributed by atoms with Gasteiger partial charge in [-0.2, -0.15) is 0 Å². The van der Waals surface area contributed by atoms with Crippen molar-refractivity contribution < 1.29 is 4.39 Å². The molecule has 1 N–H and O–H groups in total. The number of hydrogen-bond donors (Lipinski definition) is 1. The smallest absolute Gasteiger partial charge is 0.184 e. The normalized spacial score (nSPS) is 14.6. The SMILES string of the molecule is FC1=C(c2nc(Nc3ccncc3)c3nccnc3n2)C=C(Cl)CC1. The van der Waals surface area contributed by atoms with Crippen molar-refractivity contribution in [1.29, 1.82) is 0 Å². The number of nitrogens with one attached hydrogen (secondary N) is 1. The molecule has 0 saturated carbocycles. The third kappa shape index (κ3) is 3.18.